The predicted octanol–water partition coefficient (Wildman–Crippen LogP) is 4.85. The smallest absolute Gasteiger partial charge is 0.418 e. The van der Waals surface area contributed by atoms with E-state index in [1.54, 1.807) is 0 Å². The fourth-order valence-electron chi connectivity index (χ4n) is 0.981. The first-order valence-electron chi connectivity index (χ1n) is 4.14. The second-order valence-electron chi connectivity index (χ2n) is 2.99. The minimum atomic E-state index is -6.00. The molecule has 1 rings (SSSR count). The van der Waals surface area contributed by atoms with Crippen LogP contribution >= 0.6 is 15.9 Å². The highest BCUT2D eigenvalue weighted by atomic mass is 79.9. The normalized spacial score (nSPS) is 10.1. The van der Waals surface area contributed by atoms with Gasteiger partial charge in [0.1, 0.15) is 0 Å². The highest BCUT2D eigenvalue weighted by Crippen LogP contribution is 2.26. The number of hydrogen-bond acceptors (Lipinski definition) is 1. The molecule has 0 amide bonds. The highest BCUT2D eigenvalue weighted by Gasteiger charge is 2.20. The second kappa shape index (κ2) is 5.84. The van der Waals surface area contributed by atoms with Crippen LogP contribution in [0.15, 0.2) is 16.6 Å². The van der Waals surface area contributed by atoms with E-state index in [4.69, 9.17) is 5.39 Å². The van der Waals surface area contributed by atoms with Crippen molar-refractivity contribution in [2.24, 2.45) is 0 Å². The third-order valence-electron chi connectivity index (χ3n) is 1.54. The van der Waals surface area contributed by atoms with Crippen LogP contribution in [0.3, 0.4) is 0 Å². The van der Waals surface area contributed by atoms with Crippen molar-refractivity contribution in [2.45, 2.75) is 13.8 Å². The van der Waals surface area contributed by atoms with Gasteiger partial charge in [-0.2, -0.15) is 0 Å². The molecule has 0 N–H and O–H groups in total. The zero-order chi connectivity index (χ0) is 12.9. The van der Waals surface area contributed by atoms with Gasteiger partial charge in [-0.1, -0.05) is 15.9 Å². The summed E-state index contributed by atoms with van der Waals surface area (Å²) < 4.78 is 40.1. The average Bonchev–Trinajstić information content (AvgIpc) is 2.10. The Morgan fingerprint density at radius 3 is 1.69 bits per heavy atom. The summed E-state index contributed by atoms with van der Waals surface area (Å²) in [4.78, 5) is 3.11. The summed E-state index contributed by atoms with van der Waals surface area (Å²) in [6.45, 7) is 3.93. The zero-order valence-electron chi connectivity index (χ0n) is 8.52. The number of halogens is 5. The fraction of sp³-hybridized carbons (Fsp3) is 0.250. The van der Waals surface area contributed by atoms with Gasteiger partial charge >= 0.3 is 12.9 Å². The van der Waals surface area contributed by atoms with Crippen molar-refractivity contribution >= 4 is 28.9 Å². The summed E-state index contributed by atoms with van der Waals surface area (Å²) in [5.74, 6) is 0. The molecular formula is C8H8BBrF4N2. The van der Waals surface area contributed by atoms with Crippen LogP contribution in [0.1, 0.15) is 11.1 Å². The molecule has 0 saturated carbocycles. The Morgan fingerprint density at radius 2 is 1.44 bits per heavy atom. The standard InChI is InChI=1S/C8H8BrN2.BF4/c1-5-3-7(11-10)4-6(2)8(5)9;2-1(3,4)5/h3-4H,1-2H3;/q+1;-1. The first-order valence-corrected chi connectivity index (χ1v) is 4.93. The maximum atomic E-state index is 9.75. The first kappa shape index (κ1) is 14.9. The molecule has 0 radical (unpaired) electrons. The van der Waals surface area contributed by atoms with Crippen molar-refractivity contribution in [1.82, 2.24) is 0 Å². The lowest BCUT2D eigenvalue weighted by atomic mass is 10.1. The molecule has 0 aliphatic heterocycles. The summed E-state index contributed by atoms with van der Waals surface area (Å²) >= 11 is 3.42. The second-order valence-corrected chi connectivity index (χ2v) is 3.78. The van der Waals surface area contributed by atoms with Crippen molar-refractivity contribution in [3.8, 4) is 0 Å². The molecule has 16 heavy (non-hydrogen) atoms. The Hall–Kier alpha value is -1.10. The Kier molecular flexibility index (Phi) is 5.44. The van der Waals surface area contributed by atoms with Crippen molar-refractivity contribution < 1.29 is 17.3 Å². The first-order chi connectivity index (χ1) is 7.15. The van der Waals surface area contributed by atoms with Crippen LogP contribution in [0.4, 0.5) is 23.0 Å². The number of hydrogen-bond donors (Lipinski definition) is 0. The maximum Gasteiger partial charge on any atom is 0.673 e. The number of diazo groups is 1. The van der Waals surface area contributed by atoms with E-state index in [0.29, 0.717) is 5.69 Å². The van der Waals surface area contributed by atoms with Gasteiger partial charge < -0.3 is 17.3 Å². The summed E-state index contributed by atoms with van der Waals surface area (Å²) in [6.07, 6.45) is 0. The van der Waals surface area contributed by atoms with Crippen LogP contribution in [0.5, 0.6) is 0 Å². The van der Waals surface area contributed by atoms with Crippen LogP contribution in [-0.2, 0) is 0 Å². The van der Waals surface area contributed by atoms with Crippen LogP contribution < -0.4 is 0 Å². The summed E-state index contributed by atoms with van der Waals surface area (Å²) in [6, 6.07) is 3.63. The van der Waals surface area contributed by atoms with Gasteiger partial charge in [0.05, 0.1) is 0 Å². The summed E-state index contributed by atoms with van der Waals surface area (Å²) in [5.41, 5.74) is 2.76. The van der Waals surface area contributed by atoms with Gasteiger partial charge in [0.15, 0.2) is 4.98 Å². The third-order valence-corrected chi connectivity index (χ3v) is 2.79. The molecule has 0 atom stereocenters. The van der Waals surface area contributed by atoms with E-state index in [9.17, 15) is 17.3 Å². The van der Waals surface area contributed by atoms with Gasteiger partial charge in [0, 0.05) is 16.6 Å². The fourth-order valence-corrected chi connectivity index (χ4v) is 1.21. The molecule has 0 bridgehead atoms. The molecule has 1 aromatic carbocycles. The van der Waals surface area contributed by atoms with Crippen molar-refractivity contribution in [3.05, 3.63) is 32.7 Å². The molecule has 0 spiro atoms. The molecule has 0 fully saturated rings. The minimum absolute atomic E-state index is 0.600. The lowest BCUT2D eigenvalue weighted by Crippen LogP contribution is -2.02. The summed E-state index contributed by atoms with van der Waals surface area (Å²) in [5, 5.41) is 8.49. The molecular weight excluding hydrogens is 291 g/mol. The molecule has 88 valence electrons. The minimum Gasteiger partial charge on any atom is -0.418 e. The molecule has 0 aliphatic carbocycles. The number of nitrogens with zero attached hydrogens (tertiary/aromatic N) is 2. The molecule has 2 nitrogen and oxygen atoms in total. The Bertz CT molecular complexity index is 384. The Labute approximate surface area is 98.5 Å². The van der Waals surface area contributed by atoms with Gasteiger partial charge in [0.2, 0.25) is 5.39 Å². The monoisotopic (exact) mass is 298 g/mol. The van der Waals surface area contributed by atoms with Gasteiger partial charge in [-0.15, -0.1) is 0 Å². The number of benzene rings is 1. The Balaban J connectivity index is 0.000000385. The number of rotatable bonds is 0. The topological polar surface area (TPSA) is 28.1 Å². The van der Waals surface area contributed by atoms with Crippen molar-refractivity contribution in [2.75, 3.05) is 0 Å². The zero-order valence-corrected chi connectivity index (χ0v) is 10.1. The SMILES string of the molecule is Cc1cc([N+]#N)cc(C)c1Br.F[B-](F)(F)F. The van der Waals surface area contributed by atoms with Gasteiger partial charge in [-0.3, -0.25) is 0 Å². The molecule has 0 aliphatic rings. The van der Waals surface area contributed by atoms with Crippen LogP contribution in [0.2, 0.25) is 0 Å². The highest BCUT2D eigenvalue weighted by molar-refractivity contribution is 9.10. The van der Waals surface area contributed by atoms with E-state index in [-0.39, 0.29) is 0 Å². The average molecular weight is 299 g/mol. The Morgan fingerprint density at radius 1 is 1.12 bits per heavy atom. The quantitative estimate of drug-likeness (QED) is 0.382. The number of aryl methyl sites for hydroxylation is 2. The van der Waals surface area contributed by atoms with Crippen LogP contribution in [-0.4, -0.2) is 7.25 Å². The van der Waals surface area contributed by atoms with Gasteiger partial charge in [-0.25, -0.2) is 0 Å². The van der Waals surface area contributed by atoms with Crippen LogP contribution in [0.25, 0.3) is 4.98 Å². The molecule has 0 unspecified atom stereocenters. The maximum absolute atomic E-state index is 9.75. The lowest BCUT2D eigenvalue weighted by Gasteiger charge is -1.97. The van der Waals surface area contributed by atoms with E-state index >= 15 is 0 Å². The summed E-state index contributed by atoms with van der Waals surface area (Å²) in [7, 11) is -6.00. The largest absolute Gasteiger partial charge is 0.673 e. The van der Waals surface area contributed by atoms with E-state index in [0.717, 1.165) is 15.6 Å². The molecule has 8 heteroatoms. The van der Waals surface area contributed by atoms with E-state index in [1.165, 1.54) is 0 Å². The molecule has 0 aromatic heterocycles. The van der Waals surface area contributed by atoms with Crippen molar-refractivity contribution in [3.63, 3.8) is 0 Å². The molecule has 1 aromatic rings. The van der Waals surface area contributed by atoms with E-state index in [1.807, 2.05) is 26.0 Å². The van der Waals surface area contributed by atoms with E-state index < -0.39 is 7.25 Å². The van der Waals surface area contributed by atoms with Gasteiger partial charge in [-0.05, 0) is 25.0 Å². The lowest BCUT2D eigenvalue weighted by molar-refractivity contribution is 0.368. The molecule has 0 saturated heterocycles. The molecule has 0 heterocycles. The predicted molar refractivity (Wildman–Crippen MR) is 58.5 cm³/mol. The van der Waals surface area contributed by atoms with E-state index in [2.05, 4.69) is 20.9 Å². The third kappa shape index (κ3) is 6.40. The van der Waals surface area contributed by atoms with Gasteiger partial charge in [0.25, 0.3) is 0 Å². The van der Waals surface area contributed by atoms with Crippen LogP contribution in [0, 0.1) is 19.2 Å². The van der Waals surface area contributed by atoms with Crippen molar-refractivity contribution in [1.29, 1.82) is 5.39 Å².